The number of fused-ring (bicyclic) bond motifs is 7. The van der Waals surface area contributed by atoms with E-state index in [1.807, 2.05) is 0 Å². The summed E-state index contributed by atoms with van der Waals surface area (Å²) in [7, 11) is 0. The summed E-state index contributed by atoms with van der Waals surface area (Å²) < 4.78 is 2.46. The lowest BCUT2D eigenvalue weighted by Gasteiger charge is -2.32. The van der Waals surface area contributed by atoms with E-state index >= 15 is 0 Å². The third kappa shape index (κ3) is 3.76. The fraction of sp³-hybridized carbons (Fsp3) is 0.0698. The molecule has 0 bridgehead atoms. The van der Waals surface area contributed by atoms with Gasteiger partial charge in [0.1, 0.15) is 0 Å². The summed E-state index contributed by atoms with van der Waals surface area (Å²) in [6, 6.07) is 57.6. The zero-order valence-corrected chi connectivity index (χ0v) is 25.4. The van der Waals surface area contributed by atoms with Gasteiger partial charge in [-0.3, -0.25) is 0 Å². The lowest BCUT2D eigenvalue weighted by Crippen LogP contribution is -2.21. The summed E-state index contributed by atoms with van der Waals surface area (Å²) in [5.41, 5.74) is 12.3. The summed E-state index contributed by atoms with van der Waals surface area (Å²) in [6.07, 6.45) is 0. The Kier molecular flexibility index (Phi) is 5.58. The highest BCUT2D eigenvalue weighted by atomic mass is 15.2. The number of nitrogens with zero attached hydrogens (tertiary/aromatic N) is 2. The van der Waals surface area contributed by atoms with E-state index in [-0.39, 0.29) is 5.41 Å². The van der Waals surface area contributed by atoms with Crippen molar-refractivity contribution < 1.29 is 0 Å². The molecule has 0 saturated carbocycles. The van der Waals surface area contributed by atoms with Gasteiger partial charge in [-0.1, -0.05) is 129 Å². The smallest absolute Gasteiger partial charge is 0.0782 e. The van der Waals surface area contributed by atoms with Gasteiger partial charge >= 0.3 is 0 Å². The third-order valence-corrected chi connectivity index (χ3v) is 9.72. The van der Waals surface area contributed by atoms with Gasteiger partial charge in [-0.05, 0) is 75.5 Å². The predicted octanol–water partition coefficient (Wildman–Crippen LogP) is 11.7. The van der Waals surface area contributed by atoms with Crippen molar-refractivity contribution in [1.29, 1.82) is 0 Å². The fourth-order valence-corrected chi connectivity index (χ4v) is 7.76. The number of anilines is 3. The topological polar surface area (TPSA) is 8.17 Å². The molecular weight excluding hydrogens is 544 g/mol. The zero-order chi connectivity index (χ0) is 30.1. The second kappa shape index (κ2) is 9.70. The Morgan fingerprint density at radius 1 is 0.511 bits per heavy atom. The molecule has 0 radical (unpaired) electrons. The minimum absolute atomic E-state index is 0.158. The summed E-state index contributed by atoms with van der Waals surface area (Å²) in [5, 5.41) is 4.97. The van der Waals surface area contributed by atoms with E-state index in [0.717, 1.165) is 17.1 Å². The molecule has 9 rings (SSSR count). The van der Waals surface area contributed by atoms with Crippen LogP contribution in [0.1, 0.15) is 25.0 Å². The zero-order valence-electron chi connectivity index (χ0n) is 25.4. The van der Waals surface area contributed by atoms with Crippen molar-refractivity contribution in [2.75, 3.05) is 4.90 Å². The first-order valence-electron chi connectivity index (χ1n) is 15.7. The van der Waals surface area contributed by atoms with E-state index < -0.39 is 0 Å². The van der Waals surface area contributed by atoms with Crippen molar-refractivity contribution >= 4 is 49.6 Å². The van der Waals surface area contributed by atoms with Crippen LogP contribution in [0.5, 0.6) is 0 Å². The van der Waals surface area contributed by atoms with Crippen molar-refractivity contribution in [3.8, 4) is 16.8 Å². The molecule has 0 N–H and O–H groups in total. The molecule has 1 heterocycles. The van der Waals surface area contributed by atoms with Gasteiger partial charge in [0.25, 0.3) is 0 Å². The molecule has 1 aliphatic carbocycles. The van der Waals surface area contributed by atoms with Gasteiger partial charge in [0.05, 0.1) is 22.4 Å². The van der Waals surface area contributed by atoms with Crippen LogP contribution in [0.2, 0.25) is 0 Å². The number of aromatic nitrogens is 1. The van der Waals surface area contributed by atoms with Crippen LogP contribution in [-0.2, 0) is 5.41 Å². The Balaban J connectivity index is 1.40. The van der Waals surface area contributed by atoms with Gasteiger partial charge in [-0.15, -0.1) is 0 Å². The summed E-state index contributed by atoms with van der Waals surface area (Å²) in [5.74, 6) is 0. The average molecular weight is 577 g/mol. The monoisotopic (exact) mass is 576 g/mol. The first-order chi connectivity index (χ1) is 22.1. The third-order valence-electron chi connectivity index (χ3n) is 9.72. The van der Waals surface area contributed by atoms with Crippen molar-refractivity contribution in [2.24, 2.45) is 0 Å². The van der Waals surface area contributed by atoms with Crippen LogP contribution in [0.15, 0.2) is 158 Å². The molecule has 0 unspecified atom stereocenters. The van der Waals surface area contributed by atoms with Crippen LogP contribution in [0, 0.1) is 0 Å². The molecule has 8 aromatic rings. The number of hydrogen-bond acceptors (Lipinski definition) is 1. The van der Waals surface area contributed by atoms with Gasteiger partial charge in [0.2, 0.25) is 0 Å². The highest BCUT2D eigenvalue weighted by Crippen LogP contribution is 2.55. The van der Waals surface area contributed by atoms with Crippen molar-refractivity contribution in [3.63, 3.8) is 0 Å². The van der Waals surface area contributed by atoms with E-state index in [2.05, 4.69) is 181 Å². The molecule has 1 aliphatic rings. The van der Waals surface area contributed by atoms with Gasteiger partial charge in [0, 0.05) is 27.6 Å². The first-order valence-corrected chi connectivity index (χ1v) is 15.7. The summed E-state index contributed by atoms with van der Waals surface area (Å²) >= 11 is 0. The number of benzene rings is 7. The molecule has 2 nitrogen and oxygen atoms in total. The Morgan fingerprint density at radius 3 is 2.07 bits per heavy atom. The van der Waals surface area contributed by atoms with E-state index in [9.17, 15) is 0 Å². The standard InChI is InChI=1S/C43H32N2/c1-43(2)37-22-10-8-18-33(37)35-20-12-24-39(41(35)43)44(31-16-4-3-5-17-31)40-25-13-21-36-34-19-9-11-23-38(34)45(42(36)40)32-27-26-29-14-6-7-15-30(29)28-32/h3-28H,1-2H3. The molecule has 0 spiro atoms. The minimum Gasteiger partial charge on any atom is -0.308 e. The predicted molar refractivity (Wildman–Crippen MR) is 191 cm³/mol. The highest BCUT2D eigenvalue weighted by Gasteiger charge is 2.39. The highest BCUT2D eigenvalue weighted by molar-refractivity contribution is 6.15. The molecule has 0 saturated heterocycles. The Labute approximate surface area is 263 Å². The number of para-hydroxylation sites is 3. The Bertz CT molecular complexity index is 2410. The summed E-state index contributed by atoms with van der Waals surface area (Å²) in [4.78, 5) is 2.49. The molecule has 2 heteroatoms. The molecule has 214 valence electrons. The molecule has 1 aromatic heterocycles. The maximum absolute atomic E-state index is 2.49. The van der Waals surface area contributed by atoms with Crippen LogP contribution in [0.25, 0.3) is 49.4 Å². The van der Waals surface area contributed by atoms with Crippen molar-refractivity contribution in [1.82, 2.24) is 4.57 Å². The van der Waals surface area contributed by atoms with Crippen LogP contribution in [0.3, 0.4) is 0 Å². The molecule has 7 aromatic carbocycles. The van der Waals surface area contributed by atoms with Crippen LogP contribution < -0.4 is 4.90 Å². The van der Waals surface area contributed by atoms with Crippen LogP contribution in [-0.4, -0.2) is 4.57 Å². The molecule has 0 aliphatic heterocycles. The fourth-order valence-electron chi connectivity index (χ4n) is 7.76. The van der Waals surface area contributed by atoms with Gasteiger partial charge in [0.15, 0.2) is 0 Å². The normalized spacial score (nSPS) is 13.3. The van der Waals surface area contributed by atoms with Crippen molar-refractivity contribution in [3.05, 3.63) is 169 Å². The second-order valence-corrected chi connectivity index (χ2v) is 12.6. The average Bonchev–Trinajstić information content (AvgIpc) is 3.55. The van der Waals surface area contributed by atoms with Gasteiger partial charge < -0.3 is 9.47 Å². The van der Waals surface area contributed by atoms with E-state index in [4.69, 9.17) is 0 Å². The molecular formula is C43H32N2. The van der Waals surface area contributed by atoms with Gasteiger partial charge in [-0.2, -0.15) is 0 Å². The van der Waals surface area contributed by atoms with E-state index in [1.54, 1.807) is 0 Å². The van der Waals surface area contributed by atoms with Crippen LogP contribution in [0.4, 0.5) is 17.1 Å². The Morgan fingerprint density at radius 2 is 1.18 bits per heavy atom. The Hall–Kier alpha value is -5.60. The minimum atomic E-state index is -0.158. The molecule has 0 atom stereocenters. The van der Waals surface area contributed by atoms with E-state index in [1.165, 1.54) is 60.5 Å². The first kappa shape index (κ1) is 25.9. The van der Waals surface area contributed by atoms with Crippen LogP contribution >= 0.6 is 0 Å². The maximum Gasteiger partial charge on any atom is 0.0782 e. The quantitative estimate of drug-likeness (QED) is 0.202. The van der Waals surface area contributed by atoms with Crippen molar-refractivity contribution in [2.45, 2.75) is 19.3 Å². The number of rotatable bonds is 4. The number of hydrogen-bond donors (Lipinski definition) is 0. The summed E-state index contributed by atoms with van der Waals surface area (Å²) in [6.45, 7) is 4.74. The second-order valence-electron chi connectivity index (χ2n) is 12.6. The maximum atomic E-state index is 2.49. The molecule has 0 amide bonds. The molecule has 0 fully saturated rings. The lowest BCUT2D eigenvalue weighted by atomic mass is 9.81. The van der Waals surface area contributed by atoms with Gasteiger partial charge in [-0.25, -0.2) is 0 Å². The SMILES string of the molecule is CC1(C)c2ccccc2-c2cccc(N(c3ccccc3)c3cccc4c5ccccc5n(-c5ccc6ccccc6c5)c34)c21. The largest absolute Gasteiger partial charge is 0.308 e. The molecule has 45 heavy (non-hydrogen) atoms. The lowest BCUT2D eigenvalue weighted by molar-refractivity contribution is 0.661. The van der Waals surface area contributed by atoms with E-state index in [0.29, 0.717) is 0 Å².